The lowest BCUT2D eigenvalue weighted by Crippen LogP contribution is -2.60. The van der Waals surface area contributed by atoms with Crippen molar-refractivity contribution < 1.29 is 34.3 Å². The highest BCUT2D eigenvalue weighted by Crippen LogP contribution is 2.67. The SMILES string of the molecule is CCCCCCCCCCCCCCCC(=O)OC[C@H]1O[C@@H](O[C@H]2CC[C@@]3(C)C(=CCC4C3CC[C@@]3(C)C4CC[C@@H]3C(C)CCC(C)C(C)C)C2)[C@H](O)[C@H](O)[C@@H]1O. The van der Waals surface area contributed by atoms with E-state index >= 15 is 0 Å². The molecule has 0 amide bonds. The summed E-state index contributed by atoms with van der Waals surface area (Å²) < 4.78 is 18.0. The molecule has 5 unspecified atom stereocenters. The van der Waals surface area contributed by atoms with Gasteiger partial charge in [0, 0.05) is 6.42 Å². The zero-order chi connectivity index (χ0) is 41.2. The Morgan fingerprint density at radius 3 is 2.09 bits per heavy atom. The van der Waals surface area contributed by atoms with Crippen LogP contribution in [-0.4, -0.2) is 64.7 Å². The van der Waals surface area contributed by atoms with E-state index in [0.29, 0.717) is 17.8 Å². The molecule has 1 aliphatic heterocycles. The molecule has 7 nitrogen and oxygen atoms in total. The van der Waals surface area contributed by atoms with Gasteiger partial charge in [0.15, 0.2) is 6.29 Å². The van der Waals surface area contributed by atoms with E-state index in [-0.39, 0.29) is 24.1 Å². The molecular formula is C50H88O7. The van der Waals surface area contributed by atoms with Crippen LogP contribution in [0.2, 0.25) is 0 Å². The number of ether oxygens (including phenoxy) is 3. The molecule has 4 fully saturated rings. The molecule has 1 saturated heterocycles. The Labute approximate surface area is 349 Å². The van der Waals surface area contributed by atoms with Gasteiger partial charge in [0.25, 0.3) is 0 Å². The number of rotatable bonds is 23. The molecule has 5 rings (SSSR count). The summed E-state index contributed by atoms with van der Waals surface area (Å²) in [5, 5.41) is 32.5. The lowest BCUT2D eigenvalue weighted by Gasteiger charge is -2.58. The molecule has 1 heterocycles. The van der Waals surface area contributed by atoms with Crippen molar-refractivity contribution in [3.63, 3.8) is 0 Å². The van der Waals surface area contributed by atoms with Crippen molar-refractivity contribution >= 4 is 5.97 Å². The van der Waals surface area contributed by atoms with Crippen molar-refractivity contribution in [2.24, 2.45) is 52.3 Å². The van der Waals surface area contributed by atoms with E-state index in [1.165, 1.54) is 108 Å². The highest BCUT2D eigenvalue weighted by atomic mass is 16.7. The first-order valence-corrected chi connectivity index (χ1v) is 24.5. The Kier molecular flexibility index (Phi) is 18.3. The van der Waals surface area contributed by atoms with Gasteiger partial charge < -0.3 is 29.5 Å². The van der Waals surface area contributed by atoms with Crippen LogP contribution in [0.1, 0.15) is 203 Å². The third kappa shape index (κ3) is 11.9. The van der Waals surface area contributed by atoms with Gasteiger partial charge in [-0.3, -0.25) is 4.79 Å². The van der Waals surface area contributed by atoms with Crippen LogP contribution in [0.5, 0.6) is 0 Å². The Hall–Kier alpha value is -0.990. The predicted octanol–water partition coefficient (Wildman–Crippen LogP) is 11.5. The predicted molar refractivity (Wildman–Crippen MR) is 230 cm³/mol. The van der Waals surface area contributed by atoms with Crippen molar-refractivity contribution in [2.75, 3.05) is 6.61 Å². The zero-order valence-electron chi connectivity index (χ0n) is 37.7. The van der Waals surface area contributed by atoms with Crippen molar-refractivity contribution in [2.45, 2.75) is 239 Å². The Bertz CT molecular complexity index is 1230. The number of aliphatic hydroxyl groups excluding tert-OH is 3. The minimum Gasteiger partial charge on any atom is -0.463 e. The van der Waals surface area contributed by atoms with Gasteiger partial charge in [0.1, 0.15) is 31.0 Å². The molecule has 5 aliphatic rings. The summed E-state index contributed by atoms with van der Waals surface area (Å²) in [6.45, 7) is 17.0. The number of hydrogen-bond donors (Lipinski definition) is 3. The summed E-state index contributed by atoms with van der Waals surface area (Å²) in [5.41, 5.74) is 2.13. The third-order valence-corrected chi connectivity index (χ3v) is 16.9. The molecular weight excluding hydrogens is 713 g/mol. The lowest BCUT2D eigenvalue weighted by atomic mass is 9.47. The van der Waals surface area contributed by atoms with Gasteiger partial charge >= 0.3 is 5.97 Å². The molecule has 0 spiro atoms. The van der Waals surface area contributed by atoms with E-state index in [0.717, 1.165) is 80.5 Å². The number of carbonyl (C=O) groups excluding carboxylic acids is 1. The van der Waals surface area contributed by atoms with Crippen LogP contribution in [-0.2, 0) is 19.0 Å². The lowest BCUT2D eigenvalue weighted by molar-refractivity contribution is -0.313. The molecule has 0 aromatic rings. The molecule has 7 heteroatoms. The van der Waals surface area contributed by atoms with Crippen LogP contribution in [0.4, 0.5) is 0 Å². The van der Waals surface area contributed by atoms with Crippen LogP contribution in [0.15, 0.2) is 11.6 Å². The number of carbonyl (C=O) groups is 1. The number of hydrogen-bond acceptors (Lipinski definition) is 7. The smallest absolute Gasteiger partial charge is 0.305 e. The summed E-state index contributed by atoms with van der Waals surface area (Å²) in [7, 11) is 0. The van der Waals surface area contributed by atoms with Gasteiger partial charge in [-0.2, -0.15) is 0 Å². The minimum atomic E-state index is -1.44. The summed E-state index contributed by atoms with van der Waals surface area (Å²) in [6.07, 6.45) is 24.8. The van der Waals surface area contributed by atoms with E-state index in [2.05, 4.69) is 54.5 Å². The highest BCUT2D eigenvalue weighted by Gasteiger charge is 2.59. The van der Waals surface area contributed by atoms with E-state index in [1.807, 2.05) is 0 Å². The van der Waals surface area contributed by atoms with E-state index in [4.69, 9.17) is 14.2 Å². The maximum Gasteiger partial charge on any atom is 0.305 e. The fourth-order valence-corrected chi connectivity index (χ4v) is 12.7. The summed E-state index contributed by atoms with van der Waals surface area (Å²) in [5.74, 6) is 5.17. The van der Waals surface area contributed by atoms with Crippen LogP contribution in [0, 0.1) is 52.3 Å². The average molecular weight is 801 g/mol. The molecule has 330 valence electrons. The standard InChI is InChI=1S/C50H88O7/c1-8-9-10-11-12-13-14-15-16-17-18-19-20-21-44(51)55-33-43-45(52)46(53)47(54)48(57-43)56-38-28-30-49(6)37(32-38)24-25-39-41-27-26-40(50(41,7)31-29-42(39)49)36(5)23-22-35(4)34(2)3/h24,34-36,38-43,45-48,52-54H,8-23,25-33H2,1-7H3/t35?,36?,38-,39?,40+,41?,42?,43+,45+,46+,47+,48+,49-,50+/m0/s1. The first kappa shape index (κ1) is 47.1. The van der Waals surface area contributed by atoms with Gasteiger partial charge in [0.2, 0.25) is 0 Å². The number of aliphatic hydroxyl groups is 3. The molecule has 0 aromatic carbocycles. The van der Waals surface area contributed by atoms with Gasteiger partial charge in [-0.1, -0.05) is 150 Å². The molecule has 0 bridgehead atoms. The number of allylic oxidation sites excluding steroid dienone is 1. The molecule has 4 aliphatic carbocycles. The van der Waals surface area contributed by atoms with Crippen molar-refractivity contribution in [3.05, 3.63) is 11.6 Å². The van der Waals surface area contributed by atoms with Crippen LogP contribution >= 0.6 is 0 Å². The van der Waals surface area contributed by atoms with Gasteiger partial charge in [-0.25, -0.2) is 0 Å². The third-order valence-electron chi connectivity index (χ3n) is 16.9. The van der Waals surface area contributed by atoms with Gasteiger partial charge in [-0.15, -0.1) is 0 Å². The van der Waals surface area contributed by atoms with E-state index in [1.54, 1.807) is 0 Å². The zero-order valence-corrected chi connectivity index (χ0v) is 37.7. The number of unbranched alkanes of at least 4 members (excludes halogenated alkanes) is 12. The van der Waals surface area contributed by atoms with Crippen LogP contribution in [0.3, 0.4) is 0 Å². The maximum atomic E-state index is 12.6. The molecule has 14 atom stereocenters. The topological polar surface area (TPSA) is 105 Å². The van der Waals surface area contributed by atoms with E-state index in [9.17, 15) is 20.1 Å². The normalized spacial score (nSPS) is 37.6. The van der Waals surface area contributed by atoms with Crippen LogP contribution in [0.25, 0.3) is 0 Å². The molecule has 3 saturated carbocycles. The van der Waals surface area contributed by atoms with Crippen LogP contribution < -0.4 is 0 Å². The number of esters is 1. The fourth-order valence-electron chi connectivity index (χ4n) is 12.7. The summed E-state index contributed by atoms with van der Waals surface area (Å²) >= 11 is 0. The minimum absolute atomic E-state index is 0.138. The monoisotopic (exact) mass is 801 g/mol. The van der Waals surface area contributed by atoms with Crippen molar-refractivity contribution in [3.8, 4) is 0 Å². The first-order valence-electron chi connectivity index (χ1n) is 24.5. The largest absolute Gasteiger partial charge is 0.463 e. The quantitative estimate of drug-likeness (QED) is 0.0537. The molecule has 0 radical (unpaired) electrons. The summed E-state index contributed by atoms with van der Waals surface area (Å²) in [4.78, 5) is 12.6. The Morgan fingerprint density at radius 2 is 1.44 bits per heavy atom. The first-order chi connectivity index (χ1) is 27.3. The van der Waals surface area contributed by atoms with Crippen molar-refractivity contribution in [1.82, 2.24) is 0 Å². The molecule has 3 N–H and O–H groups in total. The van der Waals surface area contributed by atoms with E-state index < -0.39 is 30.7 Å². The Morgan fingerprint density at radius 1 is 0.789 bits per heavy atom. The Balaban J connectivity index is 1.04. The van der Waals surface area contributed by atoms with Gasteiger partial charge in [0.05, 0.1) is 6.10 Å². The highest BCUT2D eigenvalue weighted by molar-refractivity contribution is 5.69. The fraction of sp³-hybridized carbons (Fsp3) is 0.940. The average Bonchev–Trinajstić information content (AvgIpc) is 3.55. The molecule has 57 heavy (non-hydrogen) atoms. The van der Waals surface area contributed by atoms with Gasteiger partial charge in [-0.05, 0) is 110 Å². The van der Waals surface area contributed by atoms with Crippen molar-refractivity contribution in [1.29, 1.82) is 0 Å². The second kappa shape index (κ2) is 22.2. The maximum absolute atomic E-state index is 12.6. The molecule has 0 aromatic heterocycles. The summed E-state index contributed by atoms with van der Waals surface area (Å²) in [6, 6.07) is 0. The second-order valence-corrected chi connectivity index (χ2v) is 21.0. The number of fused-ring (bicyclic) bond motifs is 5. The second-order valence-electron chi connectivity index (χ2n) is 21.0.